The average Bonchev–Trinajstić information content (AvgIpc) is 2.13. The molecular weight excluding hydrogens is 166 g/mol. The van der Waals surface area contributed by atoms with Crippen LogP contribution < -0.4 is 0 Å². The van der Waals surface area contributed by atoms with Gasteiger partial charge in [0.2, 0.25) is 0 Å². The number of likely N-dealkylation sites (N-methyl/N-ethyl adjacent to an activating group) is 1. The van der Waals surface area contributed by atoms with Gasteiger partial charge in [-0.15, -0.1) is 0 Å². The predicted molar refractivity (Wildman–Crippen MR) is 53.7 cm³/mol. The van der Waals surface area contributed by atoms with Crippen LogP contribution in [0.3, 0.4) is 0 Å². The third-order valence-corrected chi connectivity index (χ3v) is 2.05. The summed E-state index contributed by atoms with van der Waals surface area (Å²) in [6, 6.07) is 0. The quantitative estimate of drug-likeness (QED) is 0.406. The van der Waals surface area contributed by atoms with Crippen molar-refractivity contribution in [2.24, 2.45) is 0 Å². The highest BCUT2D eigenvalue weighted by molar-refractivity contribution is 5.36. The van der Waals surface area contributed by atoms with E-state index >= 15 is 0 Å². The van der Waals surface area contributed by atoms with Crippen LogP contribution in [0, 0.1) is 0 Å². The van der Waals surface area contributed by atoms with Crippen molar-refractivity contribution in [3.63, 3.8) is 0 Å². The Kier molecular flexibility index (Phi) is 9.10. The van der Waals surface area contributed by atoms with E-state index in [0.717, 1.165) is 13.1 Å². The van der Waals surface area contributed by atoms with Crippen LogP contribution in [0.1, 0.15) is 32.6 Å². The molecule has 0 aromatic rings. The molecule has 0 aromatic heterocycles. The molecule has 0 N–H and O–H groups in total. The fourth-order valence-corrected chi connectivity index (χ4v) is 1.18. The lowest BCUT2D eigenvalue weighted by Crippen LogP contribution is -2.24. The fourth-order valence-electron chi connectivity index (χ4n) is 1.18. The minimum absolute atomic E-state index is 0.505. The Labute approximate surface area is 81.1 Å². The molecule has 0 unspecified atom stereocenters. The normalized spacial score (nSPS) is 10.4. The van der Waals surface area contributed by atoms with Crippen LogP contribution >= 0.6 is 0 Å². The van der Waals surface area contributed by atoms with Gasteiger partial charge < -0.3 is 9.64 Å². The largest absolute Gasteiger partial charge is 0.467 e. The van der Waals surface area contributed by atoms with E-state index < -0.39 is 0 Å². The van der Waals surface area contributed by atoms with Crippen LogP contribution in [0.5, 0.6) is 0 Å². The monoisotopic (exact) mass is 187 g/mol. The number of unbranched alkanes of at least 4 members (excludes halogenated alkanes) is 3. The number of hydrogen-bond donors (Lipinski definition) is 0. The maximum absolute atomic E-state index is 9.84. The highest BCUT2D eigenvalue weighted by atomic mass is 16.5. The summed E-state index contributed by atoms with van der Waals surface area (Å²) < 4.78 is 4.61. The number of carbonyl (C=O) groups is 1. The molecule has 0 heterocycles. The standard InChI is InChI=1S/C10H21NO2/c1-3-4-5-6-7-11(2)8-9-13-10-12/h10H,3-9H2,1-2H3. The zero-order valence-corrected chi connectivity index (χ0v) is 8.79. The molecule has 0 amide bonds. The first-order valence-electron chi connectivity index (χ1n) is 5.05. The van der Waals surface area contributed by atoms with Crippen molar-refractivity contribution in [1.29, 1.82) is 0 Å². The van der Waals surface area contributed by atoms with Crippen molar-refractivity contribution in [1.82, 2.24) is 4.90 Å². The van der Waals surface area contributed by atoms with Gasteiger partial charge in [-0.3, -0.25) is 4.79 Å². The number of ether oxygens (including phenoxy) is 1. The van der Waals surface area contributed by atoms with Gasteiger partial charge in [-0.25, -0.2) is 0 Å². The van der Waals surface area contributed by atoms with E-state index in [-0.39, 0.29) is 0 Å². The van der Waals surface area contributed by atoms with Crippen LogP contribution in [-0.4, -0.2) is 38.1 Å². The van der Waals surface area contributed by atoms with Crippen LogP contribution in [0.4, 0.5) is 0 Å². The summed E-state index contributed by atoms with van der Waals surface area (Å²) in [5, 5.41) is 0. The SMILES string of the molecule is CCCCCCN(C)CCOC=O. The van der Waals surface area contributed by atoms with Crippen molar-refractivity contribution in [3.8, 4) is 0 Å². The van der Waals surface area contributed by atoms with Gasteiger partial charge in [0.15, 0.2) is 0 Å². The Morgan fingerprint density at radius 2 is 2.00 bits per heavy atom. The van der Waals surface area contributed by atoms with Crippen LogP contribution in [0.2, 0.25) is 0 Å². The molecule has 0 aliphatic heterocycles. The first kappa shape index (κ1) is 12.4. The van der Waals surface area contributed by atoms with E-state index in [4.69, 9.17) is 0 Å². The third kappa shape index (κ3) is 9.34. The summed E-state index contributed by atoms with van der Waals surface area (Å²) in [5.74, 6) is 0. The second-order valence-corrected chi connectivity index (χ2v) is 3.33. The highest BCUT2D eigenvalue weighted by Gasteiger charge is 1.97. The van der Waals surface area contributed by atoms with Gasteiger partial charge >= 0.3 is 0 Å². The summed E-state index contributed by atoms with van der Waals surface area (Å²) in [5.41, 5.74) is 0. The minimum atomic E-state index is 0.505. The molecule has 0 spiro atoms. The topological polar surface area (TPSA) is 29.5 Å². The second-order valence-electron chi connectivity index (χ2n) is 3.33. The molecule has 0 aliphatic rings. The molecule has 0 radical (unpaired) electrons. The Morgan fingerprint density at radius 3 is 2.62 bits per heavy atom. The summed E-state index contributed by atoms with van der Waals surface area (Å²) in [6.45, 7) is 5.16. The lowest BCUT2D eigenvalue weighted by atomic mass is 10.2. The summed E-state index contributed by atoms with van der Waals surface area (Å²) in [6.07, 6.45) is 5.14. The third-order valence-electron chi connectivity index (χ3n) is 2.05. The lowest BCUT2D eigenvalue weighted by molar-refractivity contribution is -0.129. The zero-order chi connectivity index (χ0) is 9.94. The predicted octanol–water partition coefficient (Wildman–Crippen LogP) is 1.67. The van der Waals surface area contributed by atoms with Crippen molar-refractivity contribution in [3.05, 3.63) is 0 Å². The smallest absolute Gasteiger partial charge is 0.293 e. The Bertz CT molecular complexity index is 117. The van der Waals surface area contributed by atoms with E-state index in [9.17, 15) is 4.79 Å². The molecule has 0 aromatic carbocycles. The fraction of sp³-hybridized carbons (Fsp3) is 0.900. The molecule has 13 heavy (non-hydrogen) atoms. The second kappa shape index (κ2) is 9.52. The van der Waals surface area contributed by atoms with E-state index in [1.54, 1.807) is 0 Å². The van der Waals surface area contributed by atoms with Gasteiger partial charge in [0.25, 0.3) is 6.47 Å². The first-order valence-corrected chi connectivity index (χ1v) is 5.05. The molecule has 0 fully saturated rings. The van der Waals surface area contributed by atoms with E-state index in [1.807, 2.05) is 0 Å². The van der Waals surface area contributed by atoms with Crippen LogP contribution in [0.15, 0.2) is 0 Å². The van der Waals surface area contributed by atoms with Gasteiger partial charge in [-0.05, 0) is 20.0 Å². The number of nitrogens with zero attached hydrogens (tertiary/aromatic N) is 1. The molecule has 0 atom stereocenters. The first-order chi connectivity index (χ1) is 6.31. The Morgan fingerprint density at radius 1 is 1.23 bits per heavy atom. The van der Waals surface area contributed by atoms with Gasteiger partial charge in [0.1, 0.15) is 6.61 Å². The number of rotatable bonds is 9. The van der Waals surface area contributed by atoms with Crippen molar-refractivity contribution < 1.29 is 9.53 Å². The van der Waals surface area contributed by atoms with Crippen molar-refractivity contribution in [2.45, 2.75) is 32.6 Å². The summed E-state index contributed by atoms with van der Waals surface area (Å²) >= 11 is 0. The summed E-state index contributed by atoms with van der Waals surface area (Å²) in [7, 11) is 2.06. The highest BCUT2D eigenvalue weighted by Crippen LogP contribution is 1.99. The van der Waals surface area contributed by atoms with Crippen LogP contribution in [-0.2, 0) is 9.53 Å². The molecule has 0 saturated heterocycles. The number of hydrogen-bond acceptors (Lipinski definition) is 3. The molecule has 0 rings (SSSR count). The Balaban J connectivity index is 3.09. The maximum Gasteiger partial charge on any atom is 0.293 e. The van der Waals surface area contributed by atoms with Gasteiger partial charge in [0, 0.05) is 6.54 Å². The molecule has 0 bridgehead atoms. The maximum atomic E-state index is 9.84. The number of carbonyl (C=O) groups excluding carboxylic acids is 1. The molecule has 3 nitrogen and oxygen atoms in total. The van der Waals surface area contributed by atoms with Gasteiger partial charge in [-0.2, -0.15) is 0 Å². The van der Waals surface area contributed by atoms with Crippen molar-refractivity contribution >= 4 is 6.47 Å². The van der Waals surface area contributed by atoms with E-state index in [1.165, 1.54) is 25.7 Å². The summed E-state index contributed by atoms with van der Waals surface area (Å²) in [4.78, 5) is 12.0. The zero-order valence-electron chi connectivity index (χ0n) is 8.79. The van der Waals surface area contributed by atoms with Gasteiger partial charge in [0.05, 0.1) is 0 Å². The Hall–Kier alpha value is -0.570. The van der Waals surface area contributed by atoms with Crippen LogP contribution in [0.25, 0.3) is 0 Å². The van der Waals surface area contributed by atoms with Gasteiger partial charge in [-0.1, -0.05) is 26.2 Å². The molecule has 78 valence electrons. The lowest BCUT2D eigenvalue weighted by Gasteiger charge is -2.15. The molecular formula is C10H21NO2. The minimum Gasteiger partial charge on any atom is -0.467 e. The molecule has 0 saturated carbocycles. The van der Waals surface area contributed by atoms with Crippen molar-refractivity contribution in [2.75, 3.05) is 26.7 Å². The average molecular weight is 187 g/mol. The molecule has 3 heteroatoms. The van der Waals surface area contributed by atoms with E-state index in [0.29, 0.717) is 13.1 Å². The van der Waals surface area contributed by atoms with E-state index in [2.05, 4.69) is 23.6 Å². The molecule has 0 aliphatic carbocycles.